The van der Waals surface area contributed by atoms with Crippen LogP contribution in [0.4, 0.5) is 4.79 Å². The zero-order chi connectivity index (χ0) is 18.9. The Morgan fingerprint density at radius 3 is 2.42 bits per heavy atom. The third-order valence-electron chi connectivity index (χ3n) is 4.16. The van der Waals surface area contributed by atoms with Crippen molar-refractivity contribution in [2.75, 3.05) is 13.2 Å². The fraction of sp³-hybridized carbons (Fsp3) is 0.222. The summed E-state index contributed by atoms with van der Waals surface area (Å²) in [7, 11) is 0. The van der Waals surface area contributed by atoms with Crippen LogP contribution in [0.5, 0.6) is 5.75 Å². The molecule has 1 unspecified atom stereocenters. The van der Waals surface area contributed by atoms with Gasteiger partial charge in [-0.3, -0.25) is 9.69 Å². The van der Waals surface area contributed by atoms with Crippen LogP contribution in [-0.4, -0.2) is 30.0 Å². The number of hydrogen-bond acceptors (Lipinski definition) is 3. The summed E-state index contributed by atoms with van der Waals surface area (Å²) in [6.45, 7) is 1.96. The maximum absolute atomic E-state index is 12.8. The summed E-state index contributed by atoms with van der Waals surface area (Å²) in [5.41, 5.74) is -0.452. The molecule has 26 heavy (non-hydrogen) atoms. The number of benzene rings is 2. The maximum atomic E-state index is 12.8. The lowest BCUT2D eigenvalue weighted by Crippen LogP contribution is -2.41. The van der Waals surface area contributed by atoms with Gasteiger partial charge in [0, 0.05) is 10.0 Å². The SMILES string of the molecule is CC1(c2ccc(Cl)cc2)NC(=O)N(CCOc2ccc(Cl)cc2Br)C1=O. The molecule has 0 bridgehead atoms. The number of nitrogens with zero attached hydrogens (tertiary/aromatic N) is 1. The van der Waals surface area contributed by atoms with E-state index in [4.69, 9.17) is 27.9 Å². The monoisotopic (exact) mass is 456 g/mol. The average molecular weight is 458 g/mol. The van der Waals surface area contributed by atoms with Crippen molar-refractivity contribution in [3.63, 3.8) is 0 Å². The maximum Gasteiger partial charge on any atom is 0.325 e. The molecule has 0 aromatic heterocycles. The van der Waals surface area contributed by atoms with Gasteiger partial charge in [0.15, 0.2) is 0 Å². The Hall–Kier alpha value is -1.76. The number of rotatable bonds is 5. The number of ether oxygens (including phenoxy) is 1. The van der Waals surface area contributed by atoms with Crippen molar-refractivity contribution in [1.29, 1.82) is 0 Å². The topological polar surface area (TPSA) is 58.6 Å². The number of carbonyl (C=O) groups excluding carboxylic acids is 2. The standard InChI is InChI=1S/C18H15BrCl2N2O3/c1-18(11-2-4-12(20)5-3-11)16(24)23(17(25)22-18)8-9-26-15-7-6-13(21)10-14(15)19/h2-7,10H,8-9H2,1H3,(H,22,25). The van der Waals surface area contributed by atoms with Crippen LogP contribution in [0.2, 0.25) is 10.0 Å². The number of urea groups is 1. The van der Waals surface area contributed by atoms with Crippen molar-refractivity contribution in [3.8, 4) is 5.75 Å². The van der Waals surface area contributed by atoms with E-state index in [1.165, 1.54) is 0 Å². The molecule has 1 saturated heterocycles. The summed E-state index contributed by atoms with van der Waals surface area (Å²) in [5, 5.41) is 3.89. The second-order valence-electron chi connectivity index (χ2n) is 5.94. The van der Waals surface area contributed by atoms with E-state index in [2.05, 4.69) is 21.2 Å². The van der Waals surface area contributed by atoms with Gasteiger partial charge in [-0.25, -0.2) is 4.79 Å². The Balaban J connectivity index is 1.68. The molecule has 0 radical (unpaired) electrons. The Kier molecular flexibility index (Phi) is 5.46. The summed E-state index contributed by atoms with van der Waals surface area (Å²) in [6, 6.07) is 11.5. The minimum atomic E-state index is -1.12. The lowest BCUT2D eigenvalue weighted by Gasteiger charge is -2.22. The quantitative estimate of drug-likeness (QED) is 0.667. The number of nitrogens with one attached hydrogen (secondary N) is 1. The normalized spacial score (nSPS) is 19.6. The Morgan fingerprint density at radius 2 is 1.77 bits per heavy atom. The average Bonchev–Trinajstić information content (AvgIpc) is 2.81. The number of hydrogen-bond donors (Lipinski definition) is 1. The molecular weight excluding hydrogens is 443 g/mol. The summed E-state index contributed by atoms with van der Waals surface area (Å²) in [6.07, 6.45) is 0. The van der Waals surface area contributed by atoms with Gasteiger partial charge >= 0.3 is 6.03 Å². The lowest BCUT2D eigenvalue weighted by atomic mass is 9.92. The Morgan fingerprint density at radius 1 is 1.12 bits per heavy atom. The first kappa shape index (κ1) is 19.0. The van der Waals surface area contributed by atoms with E-state index in [-0.39, 0.29) is 19.1 Å². The van der Waals surface area contributed by atoms with Gasteiger partial charge in [-0.05, 0) is 58.7 Å². The molecule has 1 atom stereocenters. The molecule has 1 fully saturated rings. The minimum Gasteiger partial charge on any atom is -0.491 e. The molecule has 1 N–H and O–H groups in total. The molecule has 0 aliphatic carbocycles. The van der Waals surface area contributed by atoms with Crippen LogP contribution >= 0.6 is 39.1 Å². The van der Waals surface area contributed by atoms with Gasteiger partial charge in [0.2, 0.25) is 0 Å². The third kappa shape index (κ3) is 3.68. The number of imide groups is 1. The molecule has 136 valence electrons. The molecule has 2 aromatic carbocycles. The second kappa shape index (κ2) is 7.47. The van der Waals surface area contributed by atoms with E-state index in [0.717, 1.165) is 4.90 Å². The van der Waals surface area contributed by atoms with E-state index in [1.54, 1.807) is 49.4 Å². The van der Waals surface area contributed by atoms with E-state index >= 15 is 0 Å². The van der Waals surface area contributed by atoms with Crippen molar-refractivity contribution in [3.05, 3.63) is 62.5 Å². The molecule has 2 aromatic rings. The molecule has 0 spiro atoms. The van der Waals surface area contributed by atoms with Gasteiger partial charge in [0.1, 0.15) is 17.9 Å². The summed E-state index contributed by atoms with van der Waals surface area (Å²) >= 11 is 15.1. The molecule has 8 heteroatoms. The predicted molar refractivity (Wildman–Crippen MR) is 104 cm³/mol. The van der Waals surface area contributed by atoms with Crippen LogP contribution in [-0.2, 0) is 10.3 Å². The van der Waals surface area contributed by atoms with Gasteiger partial charge in [-0.2, -0.15) is 0 Å². The van der Waals surface area contributed by atoms with E-state index in [1.807, 2.05) is 0 Å². The van der Waals surface area contributed by atoms with Gasteiger partial charge in [-0.15, -0.1) is 0 Å². The summed E-state index contributed by atoms with van der Waals surface area (Å²) < 4.78 is 6.35. The van der Waals surface area contributed by atoms with Gasteiger partial charge in [-0.1, -0.05) is 35.3 Å². The smallest absolute Gasteiger partial charge is 0.325 e. The van der Waals surface area contributed by atoms with Crippen LogP contribution in [0, 0.1) is 0 Å². The van der Waals surface area contributed by atoms with Gasteiger partial charge in [0.25, 0.3) is 5.91 Å². The van der Waals surface area contributed by atoms with Crippen LogP contribution in [0.15, 0.2) is 46.9 Å². The van der Waals surface area contributed by atoms with E-state index < -0.39 is 11.6 Å². The fourth-order valence-corrected chi connectivity index (χ4v) is 3.64. The van der Waals surface area contributed by atoms with E-state index in [9.17, 15) is 9.59 Å². The third-order valence-corrected chi connectivity index (χ3v) is 5.27. The highest BCUT2D eigenvalue weighted by atomic mass is 79.9. The van der Waals surface area contributed by atoms with Crippen molar-refractivity contribution in [2.45, 2.75) is 12.5 Å². The largest absolute Gasteiger partial charge is 0.491 e. The summed E-state index contributed by atoms with van der Waals surface area (Å²) in [4.78, 5) is 26.2. The van der Waals surface area contributed by atoms with Crippen LogP contribution in [0.1, 0.15) is 12.5 Å². The summed E-state index contributed by atoms with van der Waals surface area (Å²) in [5.74, 6) is 0.255. The Bertz CT molecular complexity index is 860. The highest BCUT2D eigenvalue weighted by Crippen LogP contribution is 2.30. The van der Waals surface area contributed by atoms with Crippen molar-refractivity contribution < 1.29 is 14.3 Å². The van der Waals surface area contributed by atoms with E-state index in [0.29, 0.717) is 25.8 Å². The molecule has 1 aliphatic rings. The first-order valence-corrected chi connectivity index (χ1v) is 9.34. The minimum absolute atomic E-state index is 0.128. The molecule has 5 nitrogen and oxygen atoms in total. The fourth-order valence-electron chi connectivity index (χ4n) is 2.72. The lowest BCUT2D eigenvalue weighted by molar-refractivity contribution is -0.131. The molecule has 0 saturated carbocycles. The van der Waals surface area contributed by atoms with Crippen LogP contribution in [0.3, 0.4) is 0 Å². The molecule has 3 amide bonds. The molecule has 1 heterocycles. The molecule has 3 rings (SSSR count). The molecule has 1 aliphatic heterocycles. The zero-order valence-corrected chi connectivity index (χ0v) is 16.9. The predicted octanol–water partition coefficient (Wildman–Crippen LogP) is 4.60. The van der Waals surface area contributed by atoms with Crippen LogP contribution in [0.25, 0.3) is 0 Å². The Labute approximate surface area is 169 Å². The number of halogens is 3. The number of carbonyl (C=O) groups is 2. The van der Waals surface area contributed by atoms with Crippen LogP contribution < -0.4 is 10.1 Å². The number of amides is 3. The van der Waals surface area contributed by atoms with Gasteiger partial charge < -0.3 is 10.1 Å². The highest BCUT2D eigenvalue weighted by molar-refractivity contribution is 9.10. The van der Waals surface area contributed by atoms with Crippen molar-refractivity contribution in [1.82, 2.24) is 10.2 Å². The first-order chi connectivity index (χ1) is 12.3. The molecular formula is C18H15BrCl2N2O3. The van der Waals surface area contributed by atoms with Crippen molar-refractivity contribution in [2.24, 2.45) is 0 Å². The van der Waals surface area contributed by atoms with Gasteiger partial charge in [0.05, 0.1) is 11.0 Å². The first-order valence-electron chi connectivity index (χ1n) is 7.79. The highest BCUT2D eigenvalue weighted by Gasteiger charge is 2.48. The zero-order valence-electron chi connectivity index (χ0n) is 13.8. The second-order valence-corrected chi connectivity index (χ2v) is 7.67. The van der Waals surface area contributed by atoms with Crippen molar-refractivity contribution >= 4 is 51.1 Å².